The maximum atomic E-state index is 13.0. The van der Waals surface area contributed by atoms with Gasteiger partial charge in [-0.3, -0.25) is 0 Å². The average molecular weight is 250 g/mol. The van der Waals surface area contributed by atoms with Crippen molar-refractivity contribution in [2.24, 2.45) is 5.73 Å². The zero-order chi connectivity index (χ0) is 13.1. The summed E-state index contributed by atoms with van der Waals surface area (Å²) in [6.07, 6.45) is 0. The van der Waals surface area contributed by atoms with E-state index < -0.39 is 11.6 Å². The minimum atomic E-state index is -0.694. The van der Waals surface area contributed by atoms with E-state index in [2.05, 4.69) is 4.98 Å². The third kappa shape index (κ3) is 2.81. The number of benzene rings is 1. The summed E-state index contributed by atoms with van der Waals surface area (Å²) in [5.74, 6) is -1.05. The lowest BCUT2D eigenvalue weighted by Gasteiger charge is -2.08. The number of hydrogen-bond acceptors (Lipinski definition) is 3. The molecule has 1 aromatic heterocycles. The third-order valence-electron chi connectivity index (χ3n) is 2.45. The van der Waals surface area contributed by atoms with Gasteiger partial charge in [-0.05, 0) is 12.5 Å². The van der Waals surface area contributed by atoms with Crippen LogP contribution in [0.4, 0.5) is 8.78 Å². The molecule has 0 fully saturated rings. The SMILES string of the molecule is Cc1nc(Oc2cc(F)cc(F)c2)ccc1CN. The molecule has 2 aromatic rings. The largest absolute Gasteiger partial charge is 0.439 e. The molecule has 2 rings (SSSR count). The van der Waals surface area contributed by atoms with Crippen molar-refractivity contribution in [1.82, 2.24) is 4.98 Å². The van der Waals surface area contributed by atoms with Gasteiger partial charge in [-0.2, -0.15) is 0 Å². The van der Waals surface area contributed by atoms with E-state index in [1.54, 1.807) is 19.1 Å². The number of aromatic nitrogens is 1. The number of nitrogens with two attached hydrogens (primary N) is 1. The predicted octanol–water partition coefficient (Wildman–Crippen LogP) is 2.92. The first-order chi connectivity index (χ1) is 8.58. The number of pyridine rings is 1. The number of hydrogen-bond donors (Lipinski definition) is 1. The Morgan fingerprint density at radius 2 is 1.83 bits per heavy atom. The van der Waals surface area contributed by atoms with Crippen molar-refractivity contribution in [2.45, 2.75) is 13.5 Å². The van der Waals surface area contributed by atoms with E-state index >= 15 is 0 Å². The van der Waals surface area contributed by atoms with E-state index in [0.29, 0.717) is 6.54 Å². The van der Waals surface area contributed by atoms with Crippen LogP contribution in [0, 0.1) is 18.6 Å². The lowest BCUT2D eigenvalue weighted by molar-refractivity contribution is 0.450. The van der Waals surface area contributed by atoms with E-state index in [4.69, 9.17) is 10.5 Å². The lowest BCUT2D eigenvalue weighted by Crippen LogP contribution is -2.01. The van der Waals surface area contributed by atoms with Crippen LogP contribution in [0.15, 0.2) is 30.3 Å². The van der Waals surface area contributed by atoms with Gasteiger partial charge in [0.2, 0.25) is 5.88 Å². The molecule has 0 aliphatic rings. The van der Waals surface area contributed by atoms with Gasteiger partial charge in [-0.15, -0.1) is 0 Å². The number of halogens is 2. The first-order valence-corrected chi connectivity index (χ1v) is 5.39. The van der Waals surface area contributed by atoms with Crippen LogP contribution < -0.4 is 10.5 Å². The molecule has 0 unspecified atom stereocenters. The Morgan fingerprint density at radius 3 is 2.39 bits per heavy atom. The fourth-order valence-electron chi connectivity index (χ4n) is 1.55. The zero-order valence-electron chi connectivity index (χ0n) is 9.78. The van der Waals surface area contributed by atoms with E-state index in [-0.39, 0.29) is 11.6 Å². The summed E-state index contributed by atoms with van der Waals surface area (Å²) >= 11 is 0. The summed E-state index contributed by atoms with van der Waals surface area (Å²) in [6.45, 7) is 2.18. The molecule has 0 aliphatic carbocycles. The average Bonchev–Trinajstić information content (AvgIpc) is 2.27. The first kappa shape index (κ1) is 12.4. The molecule has 0 bridgehead atoms. The first-order valence-electron chi connectivity index (χ1n) is 5.39. The highest BCUT2D eigenvalue weighted by molar-refractivity contribution is 5.31. The number of rotatable bonds is 3. The molecule has 3 nitrogen and oxygen atoms in total. The molecule has 0 atom stereocenters. The predicted molar refractivity (Wildman–Crippen MR) is 63.3 cm³/mol. The molecule has 1 aromatic carbocycles. The van der Waals surface area contributed by atoms with E-state index in [0.717, 1.165) is 29.5 Å². The molecule has 0 saturated carbocycles. The minimum Gasteiger partial charge on any atom is -0.439 e. The summed E-state index contributed by atoms with van der Waals surface area (Å²) in [7, 11) is 0. The second kappa shape index (κ2) is 5.10. The molecule has 0 amide bonds. The number of nitrogens with zero attached hydrogens (tertiary/aromatic N) is 1. The summed E-state index contributed by atoms with van der Waals surface area (Å²) in [4.78, 5) is 4.15. The van der Waals surface area contributed by atoms with E-state index in [9.17, 15) is 8.78 Å². The van der Waals surface area contributed by atoms with Crippen LogP contribution in [0.2, 0.25) is 0 Å². The minimum absolute atomic E-state index is 0.0694. The summed E-state index contributed by atoms with van der Waals surface area (Å²) < 4.78 is 31.2. The molecular weight excluding hydrogens is 238 g/mol. The highest BCUT2D eigenvalue weighted by Crippen LogP contribution is 2.22. The molecule has 5 heteroatoms. The maximum absolute atomic E-state index is 13.0. The molecule has 0 saturated heterocycles. The van der Waals surface area contributed by atoms with Gasteiger partial charge >= 0.3 is 0 Å². The number of aryl methyl sites for hydroxylation is 1. The van der Waals surface area contributed by atoms with Crippen molar-refractivity contribution in [2.75, 3.05) is 0 Å². The molecule has 0 spiro atoms. The van der Waals surface area contributed by atoms with Crippen LogP contribution in [0.5, 0.6) is 11.6 Å². The van der Waals surface area contributed by atoms with Crippen LogP contribution in [0.3, 0.4) is 0 Å². The second-order valence-electron chi connectivity index (χ2n) is 3.81. The van der Waals surface area contributed by atoms with Crippen LogP contribution in [-0.4, -0.2) is 4.98 Å². The molecule has 0 radical (unpaired) electrons. The standard InChI is InChI=1S/C13H12F2N2O/c1-8-9(7-16)2-3-13(17-8)18-12-5-10(14)4-11(15)6-12/h2-6H,7,16H2,1H3. The molecule has 2 N–H and O–H groups in total. The Morgan fingerprint density at radius 1 is 1.17 bits per heavy atom. The van der Waals surface area contributed by atoms with Gasteiger partial charge in [0, 0.05) is 36.5 Å². The Hall–Kier alpha value is -2.01. The highest BCUT2D eigenvalue weighted by atomic mass is 19.1. The smallest absolute Gasteiger partial charge is 0.219 e. The molecular formula is C13H12F2N2O. The Kier molecular flexibility index (Phi) is 3.53. The van der Waals surface area contributed by atoms with E-state index in [1.807, 2.05) is 0 Å². The Labute approximate surface area is 103 Å². The van der Waals surface area contributed by atoms with Crippen molar-refractivity contribution in [1.29, 1.82) is 0 Å². The fraction of sp³-hybridized carbons (Fsp3) is 0.154. The molecule has 1 heterocycles. The Bertz CT molecular complexity index is 553. The van der Waals surface area contributed by atoms with Crippen molar-refractivity contribution in [3.8, 4) is 11.6 Å². The van der Waals surface area contributed by atoms with Crippen LogP contribution in [0.25, 0.3) is 0 Å². The van der Waals surface area contributed by atoms with Gasteiger partial charge in [0.1, 0.15) is 17.4 Å². The van der Waals surface area contributed by atoms with Crippen molar-refractivity contribution >= 4 is 0 Å². The summed E-state index contributed by atoms with van der Waals surface area (Å²) in [6, 6.07) is 6.35. The van der Waals surface area contributed by atoms with Crippen LogP contribution in [0.1, 0.15) is 11.3 Å². The normalized spacial score (nSPS) is 10.4. The second-order valence-corrected chi connectivity index (χ2v) is 3.81. The zero-order valence-corrected chi connectivity index (χ0v) is 9.78. The van der Waals surface area contributed by atoms with Gasteiger partial charge < -0.3 is 10.5 Å². The van der Waals surface area contributed by atoms with Gasteiger partial charge in [0.05, 0.1) is 0 Å². The van der Waals surface area contributed by atoms with Gasteiger partial charge in [-0.1, -0.05) is 6.07 Å². The fourth-order valence-corrected chi connectivity index (χ4v) is 1.55. The number of ether oxygens (including phenoxy) is 1. The van der Waals surface area contributed by atoms with Crippen molar-refractivity contribution in [3.05, 3.63) is 53.2 Å². The van der Waals surface area contributed by atoms with Crippen molar-refractivity contribution < 1.29 is 13.5 Å². The van der Waals surface area contributed by atoms with Crippen LogP contribution in [-0.2, 0) is 6.54 Å². The molecule has 94 valence electrons. The summed E-state index contributed by atoms with van der Waals surface area (Å²) in [5, 5.41) is 0. The molecule has 0 aliphatic heterocycles. The monoisotopic (exact) mass is 250 g/mol. The van der Waals surface area contributed by atoms with Crippen LogP contribution >= 0.6 is 0 Å². The van der Waals surface area contributed by atoms with Gasteiger partial charge in [0.15, 0.2) is 0 Å². The van der Waals surface area contributed by atoms with Gasteiger partial charge in [0.25, 0.3) is 0 Å². The van der Waals surface area contributed by atoms with Crippen molar-refractivity contribution in [3.63, 3.8) is 0 Å². The maximum Gasteiger partial charge on any atom is 0.219 e. The Balaban J connectivity index is 2.25. The summed E-state index contributed by atoms with van der Waals surface area (Å²) in [5.41, 5.74) is 7.14. The quantitative estimate of drug-likeness (QED) is 0.911. The lowest BCUT2D eigenvalue weighted by atomic mass is 10.2. The van der Waals surface area contributed by atoms with E-state index in [1.165, 1.54) is 0 Å². The van der Waals surface area contributed by atoms with Gasteiger partial charge in [-0.25, -0.2) is 13.8 Å². The molecule has 18 heavy (non-hydrogen) atoms. The third-order valence-corrected chi connectivity index (χ3v) is 2.45. The topological polar surface area (TPSA) is 48.1 Å². The highest BCUT2D eigenvalue weighted by Gasteiger charge is 2.05.